The van der Waals surface area contributed by atoms with Crippen LogP contribution in [0, 0.1) is 0 Å². The normalized spacial score (nSPS) is 37.0. The van der Waals surface area contributed by atoms with Crippen LogP contribution in [-0.2, 0) is 14.3 Å². The third kappa shape index (κ3) is 4.87. The average Bonchev–Trinajstić information content (AvgIpc) is 2.56. The summed E-state index contributed by atoms with van der Waals surface area (Å²) in [5, 5.41) is 75.4. The second kappa shape index (κ2) is 8.94. The van der Waals surface area contributed by atoms with Crippen LogP contribution in [-0.4, -0.2) is 115 Å². The molecule has 0 radical (unpaired) electrons. The van der Waals surface area contributed by atoms with Crippen LogP contribution in [0.5, 0.6) is 0 Å². The van der Waals surface area contributed by atoms with E-state index in [4.69, 9.17) is 19.7 Å². The van der Waals surface area contributed by atoms with Crippen LogP contribution in [0.2, 0.25) is 0 Å². The molecule has 0 aromatic carbocycles. The van der Waals surface area contributed by atoms with E-state index >= 15 is 0 Å². The Bertz CT molecular complexity index is 365. The van der Waals surface area contributed by atoms with Gasteiger partial charge in [-0.1, -0.05) is 0 Å². The highest BCUT2D eigenvalue weighted by atomic mass is 16.7. The van der Waals surface area contributed by atoms with Crippen molar-refractivity contribution in [2.24, 2.45) is 0 Å². The van der Waals surface area contributed by atoms with Crippen LogP contribution in [0.1, 0.15) is 0 Å². The molecular formula is C12H22O11. The lowest BCUT2D eigenvalue weighted by atomic mass is 9.99. The molecule has 1 heterocycles. The highest BCUT2D eigenvalue weighted by Gasteiger charge is 2.44. The number of carbonyl (C=O) groups excluding carboxylic acids is 1. The van der Waals surface area contributed by atoms with Crippen LogP contribution >= 0.6 is 0 Å². The summed E-state index contributed by atoms with van der Waals surface area (Å²) < 4.78 is 9.94. The SMILES string of the molecule is O=C[C@@H](O)[C@@H](O)[C@@H](O)[C@@H](O)CO[C@@H]1O[C@@H](CO)[C@H](O)[C@H](O)[C@@H]1O. The zero-order valence-corrected chi connectivity index (χ0v) is 12.0. The first-order valence-electron chi connectivity index (χ1n) is 6.84. The zero-order chi connectivity index (χ0) is 17.7. The highest BCUT2D eigenvalue weighted by Crippen LogP contribution is 2.22. The fourth-order valence-electron chi connectivity index (χ4n) is 2.01. The lowest BCUT2D eigenvalue weighted by Crippen LogP contribution is -2.59. The third-order valence-corrected chi connectivity index (χ3v) is 3.51. The molecular weight excluding hydrogens is 320 g/mol. The molecule has 11 heteroatoms. The fourth-order valence-corrected chi connectivity index (χ4v) is 2.01. The number of aliphatic hydroxyl groups excluding tert-OH is 8. The van der Waals surface area contributed by atoms with Crippen LogP contribution < -0.4 is 0 Å². The van der Waals surface area contributed by atoms with E-state index in [-0.39, 0.29) is 6.29 Å². The van der Waals surface area contributed by atoms with Gasteiger partial charge in [-0.15, -0.1) is 0 Å². The van der Waals surface area contributed by atoms with E-state index in [9.17, 15) is 35.4 Å². The summed E-state index contributed by atoms with van der Waals surface area (Å²) in [7, 11) is 0. The van der Waals surface area contributed by atoms with Gasteiger partial charge in [0.15, 0.2) is 12.6 Å². The van der Waals surface area contributed by atoms with Crippen molar-refractivity contribution >= 4 is 6.29 Å². The standard InChI is InChI=1S/C12H22O11/c13-1-4(15)7(17)8(18)5(16)3-22-12-11(21)10(20)9(19)6(2-14)23-12/h1,4-12,14-21H,2-3H2/t4-,5+,6+,7-,8+,9+,10+,11+,12-/m1/s1. The Balaban J connectivity index is 2.57. The minimum absolute atomic E-state index is 0.0287. The van der Waals surface area contributed by atoms with Gasteiger partial charge in [-0.3, -0.25) is 0 Å². The third-order valence-electron chi connectivity index (χ3n) is 3.51. The molecule has 8 N–H and O–H groups in total. The maximum atomic E-state index is 10.3. The van der Waals surface area contributed by atoms with Crippen molar-refractivity contribution in [2.75, 3.05) is 13.2 Å². The molecule has 11 nitrogen and oxygen atoms in total. The molecule has 136 valence electrons. The van der Waals surface area contributed by atoms with Gasteiger partial charge < -0.3 is 55.1 Å². The second-order valence-electron chi connectivity index (χ2n) is 5.21. The Hall–Kier alpha value is -0.730. The lowest BCUT2D eigenvalue weighted by molar-refractivity contribution is -0.306. The van der Waals surface area contributed by atoms with E-state index in [0.29, 0.717) is 0 Å². The Morgan fingerprint density at radius 1 is 1.00 bits per heavy atom. The van der Waals surface area contributed by atoms with Crippen molar-refractivity contribution in [2.45, 2.75) is 55.1 Å². The molecule has 1 aliphatic rings. The molecule has 0 aliphatic carbocycles. The maximum absolute atomic E-state index is 10.3. The van der Waals surface area contributed by atoms with Gasteiger partial charge in [0.1, 0.15) is 48.8 Å². The molecule has 0 bridgehead atoms. The topological polar surface area (TPSA) is 197 Å². The number of hydrogen-bond acceptors (Lipinski definition) is 11. The van der Waals surface area contributed by atoms with Gasteiger partial charge in [-0.25, -0.2) is 0 Å². The van der Waals surface area contributed by atoms with Gasteiger partial charge in [0.2, 0.25) is 0 Å². The van der Waals surface area contributed by atoms with Gasteiger partial charge in [0.05, 0.1) is 13.2 Å². The summed E-state index contributed by atoms with van der Waals surface area (Å²) in [6.45, 7) is -1.37. The molecule has 1 saturated heterocycles. The van der Waals surface area contributed by atoms with Crippen molar-refractivity contribution in [1.29, 1.82) is 0 Å². The first kappa shape index (κ1) is 20.3. The van der Waals surface area contributed by atoms with Crippen LogP contribution in [0.3, 0.4) is 0 Å². The van der Waals surface area contributed by atoms with Gasteiger partial charge >= 0.3 is 0 Å². The minimum Gasteiger partial charge on any atom is -0.394 e. The maximum Gasteiger partial charge on any atom is 0.186 e. The van der Waals surface area contributed by atoms with Crippen LogP contribution in [0.15, 0.2) is 0 Å². The Morgan fingerprint density at radius 2 is 1.61 bits per heavy atom. The molecule has 9 atom stereocenters. The predicted molar refractivity (Wildman–Crippen MR) is 69.8 cm³/mol. The number of aliphatic hydroxyl groups is 8. The molecule has 0 spiro atoms. The second-order valence-corrected chi connectivity index (χ2v) is 5.21. The van der Waals surface area contributed by atoms with E-state index in [1.54, 1.807) is 0 Å². The van der Waals surface area contributed by atoms with Crippen molar-refractivity contribution in [3.05, 3.63) is 0 Å². The molecule has 1 rings (SSSR count). The first-order chi connectivity index (χ1) is 10.7. The van der Waals surface area contributed by atoms with Crippen molar-refractivity contribution < 1.29 is 55.1 Å². The minimum atomic E-state index is -1.96. The summed E-state index contributed by atoms with van der Waals surface area (Å²) >= 11 is 0. The first-order valence-corrected chi connectivity index (χ1v) is 6.84. The summed E-state index contributed by atoms with van der Waals surface area (Å²) in [6, 6.07) is 0. The molecule has 0 amide bonds. The van der Waals surface area contributed by atoms with Gasteiger partial charge in [0.25, 0.3) is 0 Å². The summed E-state index contributed by atoms with van der Waals surface area (Å²) in [5.74, 6) is 0. The Kier molecular flexibility index (Phi) is 7.89. The molecule has 23 heavy (non-hydrogen) atoms. The smallest absolute Gasteiger partial charge is 0.186 e. The molecule has 1 fully saturated rings. The Morgan fingerprint density at radius 3 is 2.13 bits per heavy atom. The van der Waals surface area contributed by atoms with Crippen molar-refractivity contribution in [3.63, 3.8) is 0 Å². The van der Waals surface area contributed by atoms with Gasteiger partial charge in [0, 0.05) is 0 Å². The zero-order valence-electron chi connectivity index (χ0n) is 12.0. The molecule has 0 aromatic heterocycles. The molecule has 1 aliphatic heterocycles. The number of carbonyl (C=O) groups is 1. The number of rotatable bonds is 8. The van der Waals surface area contributed by atoms with Gasteiger partial charge in [-0.05, 0) is 0 Å². The average molecular weight is 342 g/mol. The van der Waals surface area contributed by atoms with E-state index in [1.165, 1.54) is 0 Å². The molecule has 0 unspecified atom stereocenters. The van der Waals surface area contributed by atoms with Crippen molar-refractivity contribution in [3.8, 4) is 0 Å². The van der Waals surface area contributed by atoms with Crippen molar-refractivity contribution in [1.82, 2.24) is 0 Å². The number of aldehydes is 1. The fraction of sp³-hybridized carbons (Fsp3) is 0.917. The molecule has 0 aromatic rings. The van der Waals surface area contributed by atoms with Gasteiger partial charge in [-0.2, -0.15) is 0 Å². The lowest BCUT2D eigenvalue weighted by Gasteiger charge is -2.40. The predicted octanol–water partition coefficient (Wildman–Crippen LogP) is -5.55. The number of hydrogen-bond donors (Lipinski definition) is 8. The summed E-state index contributed by atoms with van der Waals surface area (Å²) in [5.41, 5.74) is 0. The van der Waals surface area contributed by atoms with Crippen LogP contribution in [0.4, 0.5) is 0 Å². The monoisotopic (exact) mass is 342 g/mol. The summed E-state index contributed by atoms with van der Waals surface area (Å²) in [4.78, 5) is 10.3. The van der Waals surface area contributed by atoms with E-state index in [2.05, 4.69) is 0 Å². The number of ether oxygens (including phenoxy) is 2. The largest absolute Gasteiger partial charge is 0.394 e. The molecule has 0 saturated carbocycles. The van der Waals surface area contributed by atoms with E-state index in [1.807, 2.05) is 0 Å². The van der Waals surface area contributed by atoms with Crippen LogP contribution in [0.25, 0.3) is 0 Å². The Labute approximate surface area is 130 Å². The summed E-state index contributed by atoms with van der Waals surface area (Å²) in [6.07, 6.45) is -15.3. The quantitative estimate of drug-likeness (QED) is 0.196. The highest BCUT2D eigenvalue weighted by molar-refractivity contribution is 5.56. The van der Waals surface area contributed by atoms with E-state index < -0.39 is 68.3 Å². The van der Waals surface area contributed by atoms with E-state index in [0.717, 1.165) is 0 Å².